The van der Waals surface area contributed by atoms with Crippen LogP contribution in [0.3, 0.4) is 0 Å². The number of aryl methyl sites for hydroxylation is 1. The van der Waals surface area contributed by atoms with Crippen LogP contribution in [0.2, 0.25) is 0 Å². The average Bonchev–Trinajstić information content (AvgIpc) is 2.45. The van der Waals surface area contributed by atoms with Gasteiger partial charge in [-0.25, -0.2) is 4.98 Å². The van der Waals surface area contributed by atoms with E-state index in [1.54, 1.807) is 0 Å². The smallest absolute Gasteiger partial charge is 0.126 e. The fraction of sp³-hybridized carbons (Fsp3) is 0.312. The van der Waals surface area contributed by atoms with Gasteiger partial charge in [0.1, 0.15) is 5.82 Å². The average molecular weight is 240 g/mol. The molecule has 0 unspecified atom stereocenters. The third kappa shape index (κ3) is 3.10. The first kappa shape index (κ1) is 12.6. The van der Waals surface area contributed by atoms with Gasteiger partial charge in [-0.15, -0.1) is 0 Å². The van der Waals surface area contributed by atoms with Gasteiger partial charge in [-0.05, 0) is 36.6 Å². The van der Waals surface area contributed by atoms with E-state index in [1.165, 1.54) is 11.1 Å². The van der Waals surface area contributed by atoms with Crippen molar-refractivity contribution in [2.24, 2.45) is 0 Å². The fourth-order valence-electron chi connectivity index (χ4n) is 1.90. The van der Waals surface area contributed by atoms with Gasteiger partial charge in [-0.2, -0.15) is 0 Å². The summed E-state index contributed by atoms with van der Waals surface area (Å²) in [6, 6.07) is 14.7. The quantitative estimate of drug-likeness (QED) is 0.849. The molecule has 0 saturated heterocycles. The largest absolute Gasteiger partial charge is 0.370 e. The van der Waals surface area contributed by atoms with Gasteiger partial charge in [0.05, 0.1) is 5.69 Å². The molecule has 0 bridgehead atoms. The lowest BCUT2D eigenvalue weighted by atomic mass is 10.1. The summed E-state index contributed by atoms with van der Waals surface area (Å²) in [5, 5.41) is 3.32. The highest BCUT2D eigenvalue weighted by Crippen LogP contribution is 2.20. The zero-order valence-electron chi connectivity index (χ0n) is 11.1. The van der Waals surface area contributed by atoms with Gasteiger partial charge in [0, 0.05) is 12.1 Å². The summed E-state index contributed by atoms with van der Waals surface area (Å²) in [6.07, 6.45) is 2.17. The standard InChI is InChI=1S/C16H20N2/c1-3-11-17-16-10-6-9-15(18-16)14-8-5-7-13(4-2)12-14/h5-10,12H,3-4,11H2,1-2H3,(H,17,18). The molecule has 0 aliphatic heterocycles. The van der Waals surface area contributed by atoms with E-state index < -0.39 is 0 Å². The molecule has 0 atom stereocenters. The Morgan fingerprint density at radius 3 is 2.67 bits per heavy atom. The fourth-order valence-corrected chi connectivity index (χ4v) is 1.90. The molecule has 0 spiro atoms. The number of nitrogens with zero attached hydrogens (tertiary/aromatic N) is 1. The van der Waals surface area contributed by atoms with Crippen LogP contribution < -0.4 is 5.32 Å². The summed E-state index contributed by atoms with van der Waals surface area (Å²) in [5.41, 5.74) is 3.57. The number of hydrogen-bond acceptors (Lipinski definition) is 2. The summed E-state index contributed by atoms with van der Waals surface area (Å²) in [5.74, 6) is 0.955. The van der Waals surface area contributed by atoms with Gasteiger partial charge in [-0.3, -0.25) is 0 Å². The predicted molar refractivity (Wildman–Crippen MR) is 77.8 cm³/mol. The van der Waals surface area contributed by atoms with E-state index in [0.717, 1.165) is 30.9 Å². The topological polar surface area (TPSA) is 24.9 Å². The summed E-state index contributed by atoms with van der Waals surface area (Å²) < 4.78 is 0. The van der Waals surface area contributed by atoms with Crippen molar-refractivity contribution in [2.45, 2.75) is 26.7 Å². The Labute approximate surface area is 109 Å². The van der Waals surface area contributed by atoms with Crippen molar-refractivity contribution in [3.05, 3.63) is 48.0 Å². The molecule has 94 valence electrons. The van der Waals surface area contributed by atoms with Gasteiger partial charge in [0.15, 0.2) is 0 Å². The summed E-state index contributed by atoms with van der Waals surface area (Å²) in [6.45, 7) is 5.29. The molecule has 1 N–H and O–H groups in total. The second-order valence-corrected chi connectivity index (χ2v) is 4.39. The lowest BCUT2D eigenvalue weighted by molar-refractivity contribution is 0.970. The maximum absolute atomic E-state index is 4.64. The van der Waals surface area contributed by atoms with E-state index in [1.807, 2.05) is 6.07 Å². The van der Waals surface area contributed by atoms with E-state index in [9.17, 15) is 0 Å². The SMILES string of the molecule is CCCNc1cccc(-c2cccc(CC)c2)n1. The van der Waals surface area contributed by atoms with E-state index in [-0.39, 0.29) is 0 Å². The number of aromatic nitrogens is 1. The second kappa shape index (κ2) is 6.20. The van der Waals surface area contributed by atoms with Crippen LogP contribution in [0.4, 0.5) is 5.82 Å². The first-order chi connectivity index (χ1) is 8.83. The van der Waals surface area contributed by atoms with Crippen LogP contribution in [0.15, 0.2) is 42.5 Å². The van der Waals surface area contributed by atoms with Gasteiger partial charge in [-0.1, -0.05) is 38.1 Å². The lowest BCUT2D eigenvalue weighted by Gasteiger charge is -2.07. The molecule has 1 heterocycles. The molecule has 2 nitrogen and oxygen atoms in total. The number of pyridine rings is 1. The normalized spacial score (nSPS) is 10.3. The molecule has 0 aliphatic carbocycles. The Hall–Kier alpha value is -1.83. The Morgan fingerprint density at radius 1 is 1.06 bits per heavy atom. The third-order valence-corrected chi connectivity index (χ3v) is 2.94. The molecular weight excluding hydrogens is 220 g/mol. The molecule has 0 fully saturated rings. The molecule has 2 rings (SSSR count). The van der Waals surface area contributed by atoms with Crippen LogP contribution in [0, 0.1) is 0 Å². The lowest BCUT2D eigenvalue weighted by Crippen LogP contribution is -2.02. The Morgan fingerprint density at radius 2 is 1.89 bits per heavy atom. The molecule has 1 aromatic carbocycles. The Kier molecular flexibility index (Phi) is 4.35. The van der Waals surface area contributed by atoms with E-state index in [0.29, 0.717) is 0 Å². The van der Waals surface area contributed by atoms with Gasteiger partial charge >= 0.3 is 0 Å². The summed E-state index contributed by atoms with van der Waals surface area (Å²) in [4.78, 5) is 4.64. The molecule has 2 heteroatoms. The summed E-state index contributed by atoms with van der Waals surface area (Å²) in [7, 11) is 0. The van der Waals surface area contributed by atoms with Crippen LogP contribution in [0.25, 0.3) is 11.3 Å². The molecule has 0 saturated carbocycles. The van der Waals surface area contributed by atoms with Crippen LogP contribution in [0.5, 0.6) is 0 Å². The van der Waals surface area contributed by atoms with Crippen molar-refractivity contribution in [3.8, 4) is 11.3 Å². The number of rotatable bonds is 5. The number of anilines is 1. The zero-order valence-corrected chi connectivity index (χ0v) is 11.1. The van der Waals surface area contributed by atoms with Gasteiger partial charge < -0.3 is 5.32 Å². The van der Waals surface area contributed by atoms with Crippen LogP contribution >= 0.6 is 0 Å². The number of nitrogens with one attached hydrogen (secondary N) is 1. The van der Waals surface area contributed by atoms with Crippen LogP contribution in [0.1, 0.15) is 25.8 Å². The highest BCUT2D eigenvalue weighted by molar-refractivity contribution is 5.62. The van der Waals surface area contributed by atoms with E-state index in [4.69, 9.17) is 0 Å². The first-order valence-corrected chi connectivity index (χ1v) is 6.63. The van der Waals surface area contributed by atoms with Gasteiger partial charge in [0.2, 0.25) is 0 Å². The maximum atomic E-state index is 4.64. The maximum Gasteiger partial charge on any atom is 0.126 e. The monoisotopic (exact) mass is 240 g/mol. The second-order valence-electron chi connectivity index (χ2n) is 4.39. The van der Waals surface area contributed by atoms with Crippen LogP contribution in [-0.4, -0.2) is 11.5 Å². The summed E-state index contributed by atoms with van der Waals surface area (Å²) >= 11 is 0. The van der Waals surface area contributed by atoms with E-state index >= 15 is 0 Å². The van der Waals surface area contributed by atoms with Crippen molar-refractivity contribution in [1.82, 2.24) is 4.98 Å². The number of benzene rings is 1. The Balaban J connectivity index is 2.26. The Bertz CT molecular complexity index is 506. The van der Waals surface area contributed by atoms with Crippen molar-refractivity contribution < 1.29 is 0 Å². The van der Waals surface area contributed by atoms with Crippen LogP contribution in [-0.2, 0) is 6.42 Å². The minimum absolute atomic E-state index is 0.955. The minimum atomic E-state index is 0.955. The van der Waals surface area contributed by atoms with Gasteiger partial charge in [0.25, 0.3) is 0 Å². The zero-order chi connectivity index (χ0) is 12.8. The number of hydrogen-bond donors (Lipinski definition) is 1. The molecule has 18 heavy (non-hydrogen) atoms. The predicted octanol–water partition coefficient (Wildman–Crippen LogP) is 4.13. The third-order valence-electron chi connectivity index (χ3n) is 2.94. The molecule has 1 aromatic heterocycles. The molecule has 0 radical (unpaired) electrons. The molecule has 0 aliphatic rings. The molecule has 0 amide bonds. The van der Waals surface area contributed by atoms with E-state index in [2.05, 4.69) is 60.5 Å². The van der Waals surface area contributed by atoms with Crippen molar-refractivity contribution in [1.29, 1.82) is 0 Å². The molecular formula is C16H20N2. The molecule has 2 aromatic rings. The van der Waals surface area contributed by atoms with Crippen molar-refractivity contribution in [3.63, 3.8) is 0 Å². The first-order valence-electron chi connectivity index (χ1n) is 6.63. The highest BCUT2D eigenvalue weighted by Gasteiger charge is 2.01. The van der Waals surface area contributed by atoms with Crippen molar-refractivity contribution in [2.75, 3.05) is 11.9 Å². The minimum Gasteiger partial charge on any atom is -0.370 e. The highest BCUT2D eigenvalue weighted by atomic mass is 15.0. The van der Waals surface area contributed by atoms with Crippen molar-refractivity contribution >= 4 is 5.82 Å².